The maximum Gasteiger partial charge on any atom is 0.298 e. The number of nitrogens with zero attached hydrogens (tertiary/aromatic N) is 7. The molecule has 2 aromatic heterocycles. The molecule has 2 aromatic carbocycles. The molecule has 2 saturated heterocycles. The summed E-state index contributed by atoms with van der Waals surface area (Å²) in [5.74, 6) is 0.333. The van der Waals surface area contributed by atoms with Crippen LogP contribution in [0.4, 0.5) is 6.01 Å². The van der Waals surface area contributed by atoms with Crippen LogP contribution < -0.4 is 4.90 Å². The first-order valence-electron chi connectivity index (χ1n) is 10.6. The fraction of sp³-hybridized carbons (Fsp3) is 0.261. The molecule has 9 nitrogen and oxygen atoms in total. The van der Waals surface area contributed by atoms with Gasteiger partial charge in [-0.25, -0.2) is 0 Å². The fourth-order valence-electron chi connectivity index (χ4n) is 4.67. The molecule has 2 aliphatic heterocycles. The molecule has 33 heavy (non-hydrogen) atoms. The number of benzene rings is 2. The lowest BCUT2D eigenvalue weighted by Gasteiger charge is -2.52. The zero-order valence-electron chi connectivity index (χ0n) is 17.4. The van der Waals surface area contributed by atoms with Crippen LogP contribution in [0.3, 0.4) is 0 Å². The van der Waals surface area contributed by atoms with Crippen LogP contribution in [-0.2, 0) is 0 Å². The standard InChI is InChI=1S/C23H18ClN7O2/c24-16-2-4-21-18(10-16)28-23(33-21)30-12-15-5-8-29(13-20(15)30)22(32)17-9-14(11-25)1-3-19(17)31-26-6-7-27-31/h1-4,6-7,9-10,15,20H,5,8,12-13H2/t15-,20-/m0/s1. The van der Waals surface area contributed by atoms with Crippen molar-refractivity contribution in [1.29, 1.82) is 5.26 Å². The van der Waals surface area contributed by atoms with Crippen LogP contribution in [0.15, 0.2) is 53.2 Å². The molecule has 2 fully saturated rings. The first-order valence-corrected chi connectivity index (χ1v) is 11.0. The number of rotatable bonds is 3. The van der Waals surface area contributed by atoms with Crippen molar-refractivity contribution in [3.63, 3.8) is 0 Å². The predicted molar refractivity (Wildman–Crippen MR) is 120 cm³/mol. The summed E-state index contributed by atoms with van der Waals surface area (Å²) in [4.78, 5) is 23.5. The van der Waals surface area contributed by atoms with Gasteiger partial charge in [0.25, 0.3) is 11.9 Å². The van der Waals surface area contributed by atoms with Crippen LogP contribution >= 0.6 is 11.6 Å². The van der Waals surface area contributed by atoms with Gasteiger partial charge < -0.3 is 14.2 Å². The highest BCUT2D eigenvalue weighted by Crippen LogP contribution is 2.38. The minimum Gasteiger partial charge on any atom is -0.423 e. The number of carbonyl (C=O) groups excluding carboxylic acids is 1. The topological polar surface area (TPSA) is 104 Å². The van der Waals surface area contributed by atoms with Gasteiger partial charge in [-0.3, -0.25) is 4.79 Å². The number of carbonyl (C=O) groups is 1. The Kier molecular flexibility index (Phi) is 4.55. The van der Waals surface area contributed by atoms with Crippen LogP contribution in [0.25, 0.3) is 16.8 Å². The van der Waals surface area contributed by atoms with E-state index in [1.807, 2.05) is 11.0 Å². The average Bonchev–Trinajstić information content (AvgIpc) is 3.49. The van der Waals surface area contributed by atoms with Gasteiger partial charge in [-0.15, -0.1) is 0 Å². The molecular formula is C23H18ClN7O2. The third kappa shape index (κ3) is 3.31. The molecule has 0 spiro atoms. The highest BCUT2D eigenvalue weighted by Gasteiger charge is 2.46. The molecule has 164 valence electrons. The number of oxazole rings is 1. The van der Waals surface area contributed by atoms with E-state index >= 15 is 0 Å². The van der Waals surface area contributed by atoms with Crippen molar-refractivity contribution in [2.45, 2.75) is 12.5 Å². The zero-order valence-corrected chi connectivity index (χ0v) is 18.2. The highest BCUT2D eigenvalue weighted by atomic mass is 35.5. The molecule has 0 N–H and O–H groups in total. The summed E-state index contributed by atoms with van der Waals surface area (Å²) in [5.41, 5.74) is 2.78. The lowest BCUT2D eigenvalue weighted by Crippen LogP contribution is -2.65. The molecule has 0 radical (unpaired) electrons. The molecule has 0 saturated carbocycles. The smallest absolute Gasteiger partial charge is 0.298 e. The summed E-state index contributed by atoms with van der Waals surface area (Å²) in [6.45, 7) is 2.05. The number of nitriles is 1. The Balaban J connectivity index is 1.27. The highest BCUT2D eigenvalue weighted by molar-refractivity contribution is 6.31. The summed E-state index contributed by atoms with van der Waals surface area (Å²) in [6, 6.07) is 13.1. The number of halogens is 1. The van der Waals surface area contributed by atoms with Crippen molar-refractivity contribution in [3.05, 3.63) is 64.9 Å². The van der Waals surface area contributed by atoms with Crippen molar-refractivity contribution < 1.29 is 9.21 Å². The van der Waals surface area contributed by atoms with E-state index < -0.39 is 0 Å². The van der Waals surface area contributed by atoms with Gasteiger partial charge in [0.05, 0.1) is 41.3 Å². The number of amides is 1. The summed E-state index contributed by atoms with van der Waals surface area (Å²) >= 11 is 6.08. The van der Waals surface area contributed by atoms with E-state index in [2.05, 4.69) is 26.2 Å². The van der Waals surface area contributed by atoms with E-state index in [1.165, 1.54) is 4.80 Å². The predicted octanol–water partition coefficient (Wildman–Crippen LogP) is 3.28. The van der Waals surface area contributed by atoms with E-state index in [9.17, 15) is 10.1 Å². The van der Waals surface area contributed by atoms with Gasteiger partial charge in [0, 0.05) is 30.6 Å². The van der Waals surface area contributed by atoms with E-state index in [0.717, 1.165) is 18.5 Å². The number of hydrogen-bond donors (Lipinski definition) is 0. The van der Waals surface area contributed by atoms with Gasteiger partial charge in [0.15, 0.2) is 5.58 Å². The molecule has 0 bridgehead atoms. The third-order valence-corrected chi connectivity index (χ3v) is 6.65. The Morgan fingerprint density at radius 1 is 1.15 bits per heavy atom. The van der Waals surface area contributed by atoms with Crippen molar-refractivity contribution >= 4 is 34.6 Å². The van der Waals surface area contributed by atoms with Gasteiger partial charge in [0.1, 0.15) is 5.52 Å². The molecule has 4 heterocycles. The van der Waals surface area contributed by atoms with E-state index in [-0.39, 0.29) is 11.9 Å². The average molecular weight is 460 g/mol. The van der Waals surface area contributed by atoms with Crippen LogP contribution in [0.1, 0.15) is 22.3 Å². The lowest BCUT2D eigenvalue weighted by atomic mass is 9.82. The van der Waals surface area contributed by atoms with Gasteiger partial charge in [0.2, 0.25) is 0 Å². The second-order valence-corrected chi connectivity index (χ2v) is 8.73. The molecule has 6 rings (SSSR count). The monoisotopic (exact) mass is 459 g/mol. The van der Waals surface area contributed by atoms with Gasteiger partial charge in [-0.2, -0.15) is 25.2 Å². The van der Waals surface area contributed by atoms with Crippen LogP contribution in [0.5, 0.6) is 0 Å². The van der Waals surface area contributed by atoms with E-state index in [1.54, 1.807) is 42.7 Å². The molecule has 2 aliphatic rings. The second kappa shape index (κ2) is 7.60. The molecule has 0 aliphatic carbocycles. The van der Waals surface area contributed by atoms with Crippen LogP contribution in [0, 0.1) is 17.2 Å². The first-order chi connectivity index (χ1) is 16.1. The zero-order chi connectivity index (χ0) is 22.5. The molecule has 10 heteroatoms. The number of likely N-dealkylation sites (tertiary alicyclic amines) is 1. The van der Waals surface area contributed by atoms with Crippen molar-refractivity contribution in [2.24, 2.45) is 5.92 Å². The van der Waals surface area contributed by atoms with Gasteiger partial charge in [-0.05, 0) is 42.8 Å². The Morgan fingerprint density at radius 3 is 2.82 bits per heavy atom. The molecule has 0 unspecified atom stereocenters. The maximum atomic E-state index is 13.6. The number of aromatic nitrogens is 4. The maximum absolute atomic E-state index is 13.6. The summed E-state index contributed by atoms with van der Waals surface area (Å²) in [5, 5.41) is 18.3. The summed E-state index contributed by atoms with van der Waals surface area (Å²) < 4.78 is 5.95. The molecule has 4 aromatic rings. The normalized spacial score (nSPS) is 19.8. The summed E-state index contributed by atoms with van der Waals surface area (Å²) in [6.07, 6.45) is 4.00. The van der Waals surface area contributed by atoms with E-state index in [0.29, 0.717) is 52.4 Å². The Hall–Kier alpha value is -3.90. The largest absolute Gasteiger partial charge is 0.423 e. The minimum atomic E-state index is -0.144. The Bertz CT molecular complexity index is 1410. The fourth-order valence-corrected chi connectivity index (χ4v) is 4.84. The van der Waals surface area contributed by atoms with Crippen LogP contribution in [-0.4, -0.2) is 56.5 Å². The van der Waals surface area contributed by atoms with Crippen molar-refractivity contribution in [1.82, 2.24) is 24.9 Å². The van der Waals surface area contributed by atoms with Crippen molar-refractivity contribution in [3.8, 4) is 11.8 Å². The molecular weight excluding hydrogens is 442 g/mol. The number of hydrogen-bond acceptors (Lipinski definition) is 7. The lowest BCUT2D eigenvalue weighted by molar-refractivity contribution is 0.0583. The van der Waals surface area contributed by atoms with Gasteiger partial charge >= 0.3 is 0 Å². The first kappa shape index (κ1) is 19.8. The number of anilines is 1. The SMILES string of the molecule is N#Cc1ccc(-n2nccn2)c(C(=O)N2CC[C@H]3CN(c4nc5cc(Cl)ccc5o4)[C@H]3C2)c1. The number of fused-ring (bicyclic) bond motifs is 2. The van der Waals surface area contributed by atoms with Crippen molar-refractivity contribution in [2.75, 3.05) is 24.5 Å². The molecule has 2 atom stereocenters. The molecule has 1 amide bonds. The van der Waals surface area contributed by atoms with Crippen LogP contribution in [0.2, 0.25) is 5.02 Å². The minimum absolute atomic E-state index is 0.122. The third-order valence-electron chi connectivity index (χ3n) is 6.41. The number of piperidine rings is 1. The van der Waals surface area contributed by atoms with Gasteiger partial charge in [-0.1, -0.05) is 11.6 Å². The summed E-state index contributed by atoms with van der Waals surface area (Å²) in [7, 11) is 0. The Morgan fingerprint density at radius 2 is 2.00 bits per heavy atom. The van der Waals surface area contributed by atoms with E-state index in [4.69, 9.17) is 16.0 Å². The second-order valence-electron chi connectivity index (χ2n) is 8.29. The quantitative estimate of drug-likeness (QED) is 0.463. The Labute approximate surface area is 193 Å².